The molecule has 1 aromatic rings. The number of rotatable bonds is 6. The Morgan fingerprint density at radius 2 is 1.76 bits per heavy atom. The fourth-order valence-corrected chi connectivity index (χ4v) is 2.71. The summed E-state index contributed by atoms with van der Waals surface area (Å²) in [4.78, 5) is 28.5. The Morgan fingerprint density at radius 3 is 2.36 bits per heavy atom. The highest BCUT2D eigenvalue weighted by atomic mass is 16.5. The minimum atomic E-state index is -0.631. The van der Waals surface area contributed by atoms with E-state index in [1.165, 1.54) is 0 Å². The quantitative estimate of drug-likeness (QED) is 0.809. The lowest BCUT2D eigenvalue weighted by Gasteiger charge is -2.39. The van der Waals surface area contributed by atoms with E-state index in [9.17, 15) is 9.59 Å². The van der Waals surface area contributed by atoms with Crippen molar-refractivity contribution in [3.05, 3.63) is 24.3 Å². The summed E-state index contributed by atoms with van der Waals surface area (Å²) in [5.41, 5.74) is 0.691. The molecule has 1 aromatic carbocycles. The topological polar surface area (TPSA) is 73.9 Å². The van der Waals surface area contributed by atoms with Crippen LogP contribution in [0.5, 0.6) is 0 Å². The SMILES string of the molecule is CN(C)CC(=O)Nc1cccc(NC(=O)C(C)(C)N2CCOCC2)c1. The summed E-state index contributed by atoms with van der Waals surface area (Å²) in [6.07, 6.45) is 0. The maximum Gasteiger partial charge on any atom is 0.244 e. The van der Waals surface area contributed by atoms with Crippen LogP contribution in [0.15, 0.2) is 24.3 Å². The first-order chi connectivity index (χ1) is 11.8. The molecular formula is C18H28N4O3. The number of carbonyl (C=O) groups excluding carboxylic acids is 2. The van der Waals surface area contributed by atoms with E-state index in [4.69, 9.17) is 4.74 Å². The van der Waals surface area contributed by atoms with Gasteiger partial charge in [0.15, 0.2) is 0 Å². The Kier molecular flexibility index (Phi) is 6.52. The maximum absolute atomic E-state index is 12.7. The highest BCUT2D eigenvalue weighted by Crippen LogP contribution is 2.21. The van der Waals surface area contributed by atoms with Gasteiger partial charge in [-0.25, -0.2) is 0 Å². The molecule has 0 spiro atoms. The van der Waals surface area contributed by atoms with Gasteiger partial charge in [-0.15, -0.1) is 0 Å². The molecular weight excluding hydrogens is 320 g/mol. The fraction of sp³-hybridized carbons (Fsp3) is 0.556. The summed E-state index contributed by atoms with van der Waals surface area (Å²) >= 11 is 0. The standard InChI is InChI=1S/C18H28N4O3/c1-18(2,22-8-10-25-11-9-22)17(24)20-15-7-5-6-14(12-15)19-16(23)13-21(3)4/h5-7,12H,8-11,13H2,1-4H3,(H,19,23)(H,20,24). The number of hydrogen-bond donors (Lipinski definition) is 2. The Hall–Kier alpha value is -1.96. The Labute approximate surface area is 149 Å². The molecule has 7 nitrogen and oxygen atoms in total. The van der Waals surface area contributed by atoms with Gasteiger partial charge >= 0.3 is 0 Å². The zero-order chi connectivity index (χ0) is 18.4. The van der Waals surface area contributed by atoms with Crippen molar-refractivity contribution < 1.29 is 14.3 Å². The van der Waals surface area contributed by atoms with Crippen LogP contribution in [-0.4, -0.2) is 74.1 Å². The van der Waals surface area contributed by atoms with Gasteiger partial charge in [-0.3, -0.25) is 14.5 Å². The molecule has 2 N–H and O–H groups in total. The van der Waals surface area contributed by atoms with E-state index in [1.54, 1.807) is 17.0 Å². The number of anilines is 2. The molecule has 25 heavy (non-hydrogen) atoms. The third-order valence-corrected chi connectivity index (χ3v) is 4.22. The van der Waals surface area contributed by atoms with Gasteiger partial charge in [-0.1, -0.05) is 6.07 Å². The molecule has 138 valence electrons. The molecule has 7 heteroatoms. The summed E-state index contributed by atoms with van der Waals surface area (Å²) in [5, 5.41) is 5.78. The van der Waals surface area contributed by atoms with Crippen molar-refractivity contribution in [3.63, 3.8) is 0 Å². The van der Waals surface area contributed by atoms with Crippen molar-refractivity contribution in [2.45, 2.75) is 19.4 Å². The summed E-state index contributed by atoms with van der Waals surface area (Å²) in [7, 11) is 3.67. The summed E-state index contributed by atoms with van der Waals surface area (Å²) in [5.74, 6) is -0.173. The van der Waals surface area contributed by atoms with Crippen molar-refractivity contribution in [3.8, 4) is 0 Å². The molecule has 1 aliphatic rings. The van der Waals surface area contributed by atoms with Crippen LogP contribution < -0.4 is 10.6 Å². The molecule has 1 saturated heterocycles. The molecule has 0 radical (unpaired) electrons. The molecule has 0 saturated carbocycles. The molecule has 0 aliphatic carbocycles. The molecule has 0 bridgehead atoms. The van der Waals surface area contributed by atoms with E-state index < -0.39 is 5.54 Å². The molecule has 0 atom stereocenters. The second-order valence-corrected chi connectivity index (χ2v) is 6.98. The minimum absolute atomic E-state index is 0.0776. The van der Waals surface area contributed by atoms with Gasteiger partial charge in [0.25, 0.3) is 0 Å². The third-order valence-electron chi connectivity index (χ3n) is 4.22. The second-order valence-electron chi connectivity index (χ2n) is 6.98. The van der Waals surface area contributed by atoms with Crippen LogP contribution in [0.25, 0.3) is 0 Å². The summed E-state index contributed by atoms with van der Waals surface area (Å²) in [6, 6.07) is 7.19. The smallest absolute Gasteiger partial charge is 0.244 e. The lowest BCUT2D eigenvalue weighted by Crippen LogP contribution is -2.56. The zero-order valence-corrected chi connectivity index (χ0v) is 15.5. The molecule has 1 fully saturated rings. The van der Waals surface area contributed by atoms with Gasteiger partial charge in [-0.2, -0.15) is 0 Å². The number of likely N-dealkylation sites (N-methyl/N-ethyl adjacent to an activating group) is 1. The van der Waals surface area contributed by atoms with E-state index in [1.807, 2.05) is 40.1 Å². The highest BCUT2D eigenvalue weighted by Gasteiger charge is 2.35. The first kappa shape index (κ1) is 19.4. The molecule has 0 aromatic heterocycles. The molecule has 0 unspecified atom stereocenters. The summed E-state index contributed by atoms with van der Waals surface area (Å²) in [6.45, 7) is 6.89. The van der Waals surface area contributed by atoms with Crippen LogP contribution in [0.2, 0.25) is 0 Å². The van der Waals surface area contributed by atoms with Crippen molar-refractivity contribution in [2.24, 2.45) is 0 Å². The van der Waals surface area contributed by atoms with Crippen LogP contribution in [0, 0.1) is 0 Å². The second kappa shape index (κ2) is 8.42. The molecule has 1 aliphatic heterocycles. The summed E-state index contributed by atoms with van der Waals surface area (Å²) < 4.78 is 5.36. The zero-order valence-electron chi connectivity index (χ0n) is 15.5. The maximum atomic E-state index is 12.7. The van der Waals surface area contributed by atoms with Crippen LogP contribution >= 0.6 is 0 Å². The molecule has 1 heterocycles. The number of hydrogen-bond acceptors (Lipinski definition) is 5. The number of benzene rings is 1. The van der Waals surface area contributed by atoms with Gasteiger partial charge in [-0.05, 0) is 46.1 Å². The van der Waals surface area contributed by atoms with E-state index in [0.717, 1.165) is 13.1 Å². The Morgan fingerprint density at radius 1 is 1.16 bits per heavy atom. The van der Waals surface area contributed by atoms with Crippen molar-refractivity contribution >= 4 is 23.2 Å². The van der Waals surface area contributed by atoms with E-state index in [2.05, 4.69) is 15.5 Å². The average molecular weight is 348 g/mol. The largest absolute Gasteiger partial charge is 0.379 e. The fourth-order valence-electron chi connectivity index (χ4n) is 2.71. The van der Waals surface area contributed by atoms with Crippen molar-refractivity contribution in [1.82, 2.24) is 9.80 Å². The predicted octanol–water partition coefficient (Wildman–Crippen LogP) is 1.24. The van der Waals surface area contributed by atoms with Crippen LogP contribution in [0.4, 0.5) is 11.4 Å². The lowest BCUT2D eigenvalue weighted by molar-refractivity contribution is -0.129. The first-order valence-corrected chi connectivity index (χ1v) is 8.48. The normalized spacial score (nSPS) is 15.9. The van der Waals surface area contributed by atoms with Gasteiger partial charge in [0.05, 0.1) is 25.3 Å². The highest BCUT2D eigenvalue weighted by molar-refractivity contribution is 5.98. The predicted molar refractivity (Wildman–Crippen MR) is 98.7 cm³/mol. The number of nitrogens with one attached hydrogen (secondary N) is 2. The monoisotopic (exact) mass is 348 g/mol. The van der Waals surface area contributed by atoms with Crippen LogP contribution in [0.3, 0.4) is 0 Å². The van der Waals surface area contributed by atoms with Gasteiger partial charge in [0.2, 0.25) is 11.8 Å². The average Bonchev–Trinajstić information content (AvgIpc) is 2.55. The van der Waals surface area contributed by atoms with E-state index in [0.29, 0.717) is 31.1 Å². The Bertz CT molecular complexity index is 610. The van der Waals surface area contributed by atoms with Crippen molar-refractivity contribution in [2.75, 3.05) is 57.6 Å². The van der Waals surface area contributed by atoms with Gasteiger partial charge < -0.3 is 20.3 Å². The Balaban J connectivity index is 2.00. The molecule has 2 amide bonds. The lowest BCUT2D eigenvalue weighted by atomic mass is 10.0. The number of nitrogens with zero attached hydrogens (tertiary/aromatic N) is 2. The van der Waals surface area contributed by atoms with E-state index in [-0.39, 0.29) is 11.8 Å². The number of carbonyl (C=O) groups is 2. The molecule has 2 rings (SSSR count). The van der Waals surface area contributed by atoms with E-state index >= 15 is 0 Å². The van der Waals surface area contributed by atoms with Gasteiger partial charge in [0.1, 0.15) is 0 Å². The number of ether oxygens (including phenoxy) is 1. The van der Waals surface area contributed by atoms with Crippen LogP contribution in [0.1, 0.15) is 13.8 Å². The minimum Gasteiger partial charge on any atom is -0.379 e. The van der Waals surface area contributed by atoms with Crippen LogP contribution in [-0.2, 0) is 14.3 Å². The number of amides is 2. The first-order valence-electron chi connectivity index (χ1n) is 8.48. The van der Waals surface area contributed by atoms with Crippen molar-refractivity contribution in [1.29, 1.82) is 0 Å². The third kappa shape index (κ3) is 5.52. The number of morpholine rings is 1. The van der Waals surface area contributed by atoms with Gasteiger partial charge in [0, 0.05) is 24.5 Å².